The van der Waals surface area contributed by atoms with E-state index < -0.39 is 41.6 Å². The number of rotatable bonds is 22. The van der Waals surface area contributed by atoms with E-state index in [0.29, 0.717) is 76.3 Å². The van der Waals surface area contributed by atoms with E-state index in [1.54, 1.807) is 59.5 Å². The highest BCUT2D eigenvalue weighted by molar-refractivity contribution is 6.19. The van der Waals surface area contributed by atoms with Crippen LogP contribution in [0.15, 0.2) is 91.0 Å². The molecule has 3 heterocycles. The van der Waals surface area contributed by atoms with Crippen molar-refractivity contribution in [2.24, 2.45) is 5.92 Å². The minimum atomic E-state index is -0.983. The average molecular weight is 960 g/mol. The molecule has 360 valence electrons. The minimum Gasteiger partial charge on any atom is -0.507 e. The Labute approximate surface area is 402 Å². The molecule has 0 saturated carbocycles. The number of H-pyrrole nitrogens is 1. The summed E-state index contributed by atoms with van der Waals surface area (Å²) >= 11 is 6.39. The van der Waals surface area contributed by atoms with Crippen molar-refractivity contribution in [3.05, 3.63) is 108 Å². The van der Waals surface area contributed by atoms with Crippen LogP contribution in [0.2, 0.25) is 0 Å². The minimum absolute atomic E-state index is 0.0751. The van der Waals surface area contributed by atoms with E-state index in [-0.39, 0.29) is 68.4 Å². The molecule has 0 fully saturated rings. The summed E-state index contributed by atoms with van der Waals surface area (Å²) < 4.78 is 0. The van der Waals surface area contributed by atoms with Crippen molar-refractivity contribution in [1.82, 2.24) is 31.2 Å². The zero-order valence-electron chi connectivity index (χ0n) is 38.1. The van der Waals surface area contributed by atoms with Gasteiger partial charge in [0.2, 0.25) is 24.1 Å². The predicted octanol–water partition coefficient (Wildman–Crippen LogP) is 4.65. The normalized spacial score (nSPS) is 15.0. The second-order valence-electron chi connectivity index (χ2n) is 17.2. The van der Waals surface area contributed by atoms with Crippen LogP contribution in [0, 0.1) is 5.92 Å². The second-order valence-corrected chi connectivity index (χ2v) is 17.5. The topological polar surface area (TPSA) is 251 Å². The number of aromatic amines is 1. The van der Waals surface area contributed by atoms with Gasteiger partial charge in [-0.3, -0.25) is 43.3 Å². The van der Waals surface area contributed by atoms with Crippen molar-refractivity contribution in [3.63, 3.8) is 0 Å². The molecule has 0 bridgehead atoms. The van der Waals surface area contributed by atoms with Gasteiger partial charge in [0.1, 0.15) is 17.5 Å². The molecule has 4 aromatic carbocycles. The summed E-state index contributed by atoms with van der Waals surface area (Å²) in [4.78, 5) is 107. The van der Waals surface area contributed by atoms with Crippen LogP contribution in [-0.4, -0.2) is 113 Å². The van der Waals surface area contributed by atoms with Gasteiger partial charge in [-0.25, -0.2) is 0 Å². The Balaban J connectivity index is 0.923. The predicted molar refractivity (Wildman–Crippen MR) is 262 cm³/mol. The molecule has 2 aliphatic rings. The summed E-state index contributed by atoms with van der Waals surface area (Å²) in [5.74, 6) is -2.68. The number of nitrogens with zero attached hydrogens (tertiary/aromatic N) is 2. The van der Waals surface area contributed by atoms with Gasteiger partial charge in [0.15, 0.2) is 0 Å². The third kappa shape index (κ3) is 11.8. The van der Waals surface area contributed by atoms with Crippen LogP contribution in [0.4, 0.5) is 17.1 Å². The molecule has 0 radical (unpaired) electrons. The van der Waals surface area contributed by atoms with Crippen LogP contribution < -0.4 is 36.8 Å². The Bertz CT molecular complexity index is 2790. The molecule has 0 spiro atoms. The summed E-state index contributed by atoms with van der Waals surface area (Å²) in [6.07, 6.45) is 3.93. The Morgan fingerprint density at radius 2 is 1.58 bits per heavy atom. The quantitative estimate of drug-likeness (QED) is 0.0206. The van der Waals surface area contributed by atoms with E-state index >= 15 is 0 Å². The lowest BCUT2D eigenvalue weighted by molar-refractivity contribution is -0.137. The number of halogens is 1. The van der Waals surface area contributed by atoms with E-state index in [2.05, 4.69) is 36.9 Å². The number of hydrogen-bond acceptors (Lipinski definition) is 10. The zero-order chi connectivity index (χ0) is 49.2. The van der Waals surface area contributed by atoms with Gasteiger partial charge in [-0.2, -0.15) is 0 Å². The molecule has 5 aromatic rings. The molecular formula is C50H54ClN9O9. The van der Waals surface area contributed by atoms with Gasteiger partial charge in [-0.15, -0.1) is 11.6 Å². The third-order valence-corrected chi connectivity index (χ3v) is 12.4. The smallest absolute Gasteiger partial charge is 0.274 e. The van der Waals surface area contributed by atoms with E-state index in [1.165, 1.54) is 12.2 Å². The lowest BCUT2D eigenvalue weighted by atomic mass is 9.95. The average Bonchev–Trinajstić information content (AvgIpc) is 4.03. The number of imide groups is 1. The van der Waals surface area contributed by atoms with E-state index in [9.17, 15) is 43.5 Å². The number of carbonyl (C=O) groups is 8. The summed E-state index contributed by atoms with van der Waals surface area (Å²) in [7, 11) is 0. The number of hydrogen-bond donors (Lipinski definition) is 8. The van der Waals surface area contributed by atoms with Crippen molar-refractivity contribution >= 4 is 98.1 Å². The number of nitrogens with one attached hydrogen (secondary N) is 7. The number of carbonyl (C=O) groups excluding carboxylic acids is 8. The Kier molecular flexibility index (Phi) is 16.1. The fourth-order valence-corrected chi connectivity index (χ4v) is 8.80. The summed E-state index contributed by atoms with van der Waals surface area (Å²) in [6, 6.07) is 20.6. The second kappa shape index (κ2) is 22.5. The largest absolute Gasteiger partial charge is 0.507 e. The number of benzene rings is 4. The maximum Gasteiger partial charge on any atom is 0.274 e. The Hall–Kier alpha value is -7.57. The van der Waals surface area contributed by atoms with Crippen LogP contribution in [0.25, 0.3) is 21.7 Å². The molecule has 0 unspecified atom stereocenters. The van der Waals surface area contributed by atoms with Gasteiger partial charge in [0.25, 0.3) is 23.6 Å². The van der Waals surface area contributed by atoms with Gasteiger partial charge < -0.3 is 46.9 Å². The number of phenols is 1. The molecule has 8 amide bonds. The fourth-order valence-electron chi connectivity index (χ4n) is 8.55. The van der Waals surface area contributed by atoms with Crippen molar-refractivity contribution < 1.29 is 43.5 Å². The Morgan fingerprint density at radius 3 is 2.29 bits per heavy atom. The molecule has 19 heteroatoms. The number of phenolic OH excluding ortho intramolecular Hbond substituents is 1. The van der Waals surface area contributed by atoms with Crippen LogP contribution >= 0.6 is 11.6 Å². The molecule has 0 aliphatic carbocycles. The van der Waals surface area contributed by atoms with Crippen molar-refractivity contribution in [3.8, 4) is 5.75 Å². The van der Waals surface area contributed by atoms with Crippen LogP contribution in [0.3, 0.4) is 0 Å². The van der Waals surface area contributed by atoms with Gasteiger partial charge in [0.05, 0.1) is 11.7 Å². The summed E-state index contributed by atoms with van der Waals surface area (Å²) in [5, 5.41) is 30.0. The number of alkyl halides is 1. The first-order chi connectivity index (χ1) is 33.3. The number of aromatic nitrogens is 1. The number of fused-ring (bicyclic) bond motifs is 4. The maximum absolute atomic E-state index is 14.0. The van der Waals surface area contributed by atoms with Crippen molar-refractivity contribution in [2.75, 3.05) is 54.1 Å². The van der Waals surface area contributed by atoms with Gasteiger partial charge in [-0.05, 0) is 84.7 Å². The van der Waals surface area contributed by atoms with Crippen LogP contribution in [0.5, 0.6) is 5.75 Å². The molecule has 69 heavy (non-hydrogen) atoms. The number of anilines is 3. The van der Waals surface area contributed by atoms with E-state index in [1.807, 2.05) is 38.1 Å². The van der Waals surface area contributed by atoms with Crippen LogP contribution in [-0.2, 0) is 28.8 Å². The highest BCUT2D eigenvalue weighted by Gasteiger charge is 2.35. The SMILES string of the molecule is CC(C)[C@H](NCCNC(=O)CCCN1C(=O)C=CC1=O)C(=O)N[C@@H](CCCNC=O)C(=O)Nc1ccc(C(=O)Nc2ccc3[nH]c(C(=O)N4C[C@@H](CCl)c5c4cc(O)c4ccccc54)cc3c2)cc1. The lowest BCUT2D eigenvalue weighted by Crippen LogP contribution is -2.54. The standard InChI is InChI=1S/C50H54ClN9O9/c1-29(2)46(54-21-20-53-42(63)10-6-22-59-43(64)17-18-44(59)65)49(68)58-38(9-5-19-52-28-61)48(67)55-33-13-11-30(12-14-33)47(66)56-34-15-16-37-31(23-34)24-39(57-37)50(69)60-27-32(26-51)45-36-8-4-3-7-35(36)41(62)25-40(45)60/h3-4,7-8,11-18,23-25,28-29,32,38,46,54,57,62H,5-6,9-10,19-22,26-27H2,1-2H3,(H,52,61)(H,53,63)(H,55,67)(H,56,66)(H,58,68)/t32-,38+,46+/m1/s1. The van der Waals surface area contributed by atoms with Crippen molar-refractivity contribution in [1.29, 1.82) is 0 Å². The van der Waals surface area contributed by atoms with E-state index in [0.717, 1.165) is 15.8 Å². The zero-order valence-corrected chi connectivity index (χ0v) is 38.9. The molecule has 18 nitrogen and oxygen atoms in total. The highest BCUT2D eigenvalue weighted by Crippen LogP contribution is 2.45. The molecular weight excluding hydrogens is 906 g/mol. The highest BCUT2D eigenvalue weighted by atomic mass is 35.5. The molecule has 7 rings (SSSR count). The summed E-state index contributed by atoms with van der Waals surface area (Å²) in [5.41, 5.74) is 3.69. The number of aromatic hydroxyl groups is 1. The van der Waals surface area contributed by atoms with Gasteiger partial charge >= 0.3 is 0 Å². The van der Waals surface area contributed by atoms with Gasteiger partial charge in [-0.1, -0.05) is 38.1 Å². The lowest BCUT2D eigenvalue weighted by Gasteiger charge is -2.25. The maximum atomic E-state index is 14.0. The first-order valence-electron chi connectivity index (χ1n) is 22.7. The Morgan fingerprint density at radius 1 is 0.855 bits per heavy atom. The molecule has 8 N–H and O–H groups in total. The first kappa shape index (κ1) is 49.3. The molecule has 0 saturated heterocycles. The summed E-state index contributed by atoms with van der Waals surface area (Å²) in [6.45, 7) is 4.89. The van der Waals surface area contributed by atoms with Gasteiger partial charge in [0, 0.05) is 102 Å². The fraction of sp³-hybridized carbons (Fsp3) is 0.320. The monoisotopic (exact) mass is 959 g/mol. The molecule has 3 atom stereocenters. The van der Waals surface area contributed by atoms with Crippen LogP contribution in [0.1, 0.15) is 71.9 Å². The number of amides is 8. The first-order valence-corrected chi connectivity index (χ1v) is 23.3. The van der Waals surface area contributed by atoms with E-state index in [4.69, 9.17) is 11.6 Å². The molecule has 1 aromatic heterocycles. The molecule has 2 aliphatic heterocycles. The third-order valence-electron chi connectivity index (χ3n) is 12.1. The van der Waals surface area contributed by atoms with Crippen molar-refractivity contribution in [2.45, 2.75) is 57.5 Å².